The molecule has 0 aromatic heterocycles. The summed E-state index contributed by atoms with van der Waals surface area (Å²) in [6.07, 6.45) is 1.09. The minimum absolute atomic E-state index is 0.0365. The molecule has 7 heteroatoms. The Labute approximate surface area is 140 Å². The van der Waals surface area contributed by atoms with Gasteiger partial charge < -0.3 is 15.2 Å². The van der Waals surface area contributed by atoms with Crippen LogP contribution in [0, 0.1) is 10.1 Å². The van der Waals surface area contributed by atoms with E-state index in [-0.39, 0.29) is 18.8 Å². The number of carbonyl (C=O) groups excluding carboxylic acids is 1. The first-order valence-electron chi connectivity index (χ1n) is 7.54. The van der Waals surface area contributed by atoms with Gasteiger partial charge in [0.15, 0.2) is 0 Å². The summed E-state index contributed by atoms with van der Waals surface area (Å²) >= 11 is 0. The largest absolute Gasteiger partial charge is 0.463 e. The maximum atomic E-state index is 11.9. The fraction of sp³-hybridized carbons (Fsp3) is 0.353. The minimum Gasteiger partial charge on any atom is -0.463 e. The van der Waals surface area contributed by atoms with E-state index in [0.717, 1.165) is 0 Å². The van der Waals surface area contributed by atoms with Crippen molar-refractivity contribution in [3.63, 3.8) is 0 Å². The molecule has 1 unspecified atom stereocenters. The highest BCUT2D eigenvalue weighted by Gasteiger charge is 2.15. The molecule has 0 saturated carbocycles. The molecule has 0 bridgehead atoms. The Kier molecular flexibility index (Phi) is 7.64. The number of non-ortho nitro benzene ring substituents is 1. The molecule has 0 fully saturated rings. The van der Waals surface area contributed by atoms with Crippen molar-refractivity contribution in [2.45, 2.75) is 26.4 Å². The molecule has 1 rings (SSSR count). The van der Waals surface area contributed by atoms with Crippen molar-refractivity contribution in [3.8, 4) is 0 Å². The molecule has 0 heterocycles. The van der Waals surface area contributed by atoms with Crippen LogP contribution in [0.2, 0.25) is 0 Å². The normalized spacial score (nSPS) is 12.8. The van der Waals surface area contributed by atoms with Crippen LogP contribution < -0.4 is 5.32 Å². The predicted octanol–water partition coefficient (Wildman–Crippen LogP) is 2.63. The monoisotopic (exact) mass is 334 g/mol. The number of nitrogens with zero attached hydrogens (tertiary/aromatic N) is 1. The zero-order chi connectivity index (χ0) is 18.1. The number of hydrogen-bond donors (Lipinski definition) is 2. The summed E-state index contributed by atoms with van der Waals surface area (Å²) in [5.74, 6) is -0.424. The Bertz CT molecular complexity index is 622. The van der Waals surface area contributed by atoms with Gasteiger partial charge in [-0.15, -0.1) is 6.58 Å². The Morgan fingerprint density at radius 1 is 1.46 bits per heavy atom. The van der Waals surface area contributed by atoms with Gasteiger partial charge in [-0.05, 0) is 38.0 Å². The van der Waals surface area contributed by atoms with Crippen LogP contribution in [0.25, 0.3) is 0 Å². The molecule has 1 aromatic rings. The second kappa shape index (κ2) is 9.46. The number of aliphatic hydroxyl groups is 1. The third-order valence-electron chi connectivity index (χ3n) is 3.37. The number of nitro benzene ring substituents is 1. The number of nitrogens with one attached hydrogen (secondary N) is 1. The molecule has 0 aliphatic carbocycles. The highest BCUT2D eigenvalue weighted by Crippen LogP contribution is 2.18. The summed E-state index contributed by atoms with van der Waals surface area (Å²) in [7, 11) is 0. The lowest BCUT2D eigenvalue weighted by Gasteiger charge is -2.16. The molecule has 0 radical (unpaired) electrons. The number of carbonyl (C=O) groups is 1. The van der Waals surface area contributed by atoms with Crippen LogP contribution in [0.15, 0.2) is 48.2 Å². The van der Waals surface area contributed by atoms with E-state index >= 15 is 0 Å². The van der Waals surface area contributed by atoms with E-state index in [0.29, 0.717) is 23.3 Å². The van der Waals surface area contributed by atoms with E-state index in [1.807, 2.05) is 0 Å². The zero-order valence-corrected chi connectivity index (χ0v) is 13.8. The van der Waals surface area contributed by atoms with Gasteiger partial charge >= 0.3 is 5.97 Å². The number of ether oxygens (including phenoxy) is 1. The summed E-state index contributed by atoms with van der Waals surface area (Å²) < 4.78 is 4.99. The summed E-state index contributed by atoms with van der Waals surface area (Å²) in [4.78, 5) is 22.0. The average molecular weight is 334 g/mol. The quantitative estimate of drug-likeness (QED) is 0.237. The van der Waals surface area contributed by atoms with Crippen LogP contribution in [0.3, 0.4) is 0 Å². The molecule has 0 aliphatic heterocycles. The van der Waals surface area contributed by atoms with Crippen LogP contribution in [0.1, 0.15) is 31.9 Å². The molecule has 130 valence electrons. The van der Waals surface area contributed by atoms with Crippen molar-refractivity contribution in [1.82, 2.24) is 5.32 Å². The molecule has 1 atom stereocenters. The molecule has 1 aromatic carbocycles. The smallest absolute Gasteiger partial charge is 0.336 e. The molecule has 0 spiro atoms. The van der Waals surface area contributed by atoms with Crippen molar-refractivity contribution in [1.29, 1.82) is 0 Å². The summed E-state index contributed by atoms with van der Waals surface area (Å²) in [5, 5.41) is 23.8. The van der Waals surface area contributed by atoms with Crippen molar-refractivity contribution in [3.05, 3.63) is 63.9 Å². The second-order valence-electron chi connectivity index (χ2n) is 5.06. The van der Waals surface area contributed by atoms with Crippen LogP contribution in [-0.4, -0.2) is 29.2 Å². The SMILES string of the molecule is C=CC/C(C(=O)OCC)=C(/C)NCC(O)c1ccc([N+](=O)[O-])cc1. The van der Waals surface area contributed by atoms with Gasteiger partial charge in [-0.1, -0.05) is 6.08 Å². The minimum atomic E-state index is -0.868. The van der Waals surface area contributed by atoms with Crippen LogP contribution in [0.5, 0.6) is 0 Å². The highest BCUT2D eigenvalue weighted by atomic mass is 16.6. The van der Waals surface area contributed by atoms with E-state index in [9.17, 15) is 20.0 Å². The summed E-state index contributed by atoms with van der Waals surface area (Å²) in [5.41, 5.74) is 1.55. The number of aliphatic hydroxyl groups excluding tert-OH is 1. The first kappa shape index (κ1) is 19.4. The molecule has 0 aliphatic rings. The third kappa shape index (κ3) is 5.51. The summed E-state index contributed by atoms with van der Waals surface area (Å²) in [6, 6.07) is 5.67. The first-order valence-corrected chi connectivity index (χ1v) is 7.54. The van der Waals surface area contributed by atoms with Gasteiger partial charge in [0.25, 0.3) is 5.69 Å². The van der Waals surface area contributed by atoms with E-state index in [2.05, 4.69) is 11.9 Å². The van der Waals surface area contributed by atoms with E-state index in [4.69, 9.17) is 4.74 Å². The first-order chi connectivity index (χ1) is 11.4. The molecule has 24 heavy (non-hydrogen) atoms. The number of nitro groups is 1. The second-order valence-corrected chi connectivity index (χ2v) is 5.06. The van der Waals surface area contributed by atoms with Crippen LogP contribution >= 0.6 is 0 Å². The fourth-order valence-electron chi connectivity index (χ4n) is 2.04. The molecular formula is C17H22N2O5. The number of allylic oxidation sites excluding steroid dienone is 2. The summed E-state index contributed by atoms with van der Waals surface area (Å²) in [6.45, 7) is 7.50. The van der Waals surface area contributed by atoms with Crippen molar-refractivity contribution in [2.24, 2.45) is 0 Å². The maximum Gasteiger partial charge on any atom is 0.336 e. The Hall–Kier alpha value is -2.67. The molecular weight excluding hydrogens is 312 g/mol. The van der Waals surface area contributed by atoms with Gasteiger partial charge in [0.05, 0.1) is 23.2 Å². The molecule has 0 saturated heterocycles. The highest BCUT2D eigenvalue weighted by molar-refractivity contribution is 5.89. The van der Waals surface area contributed by atoms with E-state index < -0.39 is 17.0 Å². The Morgan fingerprint density at radius 3 is 2.58 bits per heavy atom. The number of hydrogen-bond acceptors (Lipinski definition) is 6. The van der Waals surface area contributed by atoms with E-state index in [1.54, 1.807) is 19.9 Å². The lowest BCUT2D eigenvalue weighted by atomic mass is 10.1. The van der Waals surface area contributed by atoms with Crippen molar-refractivity contribution in [2.75, 3.05) is 13.2 Å². The maximum absolute atomic E-state index is 11.9. The molecule has 0 amide bonds. The number of benzene rings is 1. The predicted molar refractivity (Wildman–Crippen MR) is 90.2 cm³/mol. The van der Waals surface area contributed by atoms with Crippen molar-refractivity contribution >= 4 is 11.7 Å². The van der Waals surface area contributed by atoms with Crippen LogP contribution in [-0.2, 0) is 9.53 Å². The number of esters is 1. The Morgan fingerprint density at radius 2 is 2.08 bits per heavy atom. The van der Waals surface area contributed by atoms with Gasteiger partial charge in [0.1, 0.15) is 0 Å². The van der Waals surface area contributed by atoms with Gasteiger partial charge in [-0.2, -0.15) is 0 Å². The lowest BCUT2D eigenvalue weighted by molar-refractivity contribution is -0.384. The Balaban J connectivity index is 2.77. The van der Waals surface area contributed by atoms with Gasteiger partial charge in [0.2, 0.25) is 0 Å². The van der Waals surface area contributed by atoms with Gasteiger partial charge in [0, 0.05) is 24.4 Å². The fourth-order valence-corrected chi connectivity index (χ4v) is 2.04. The van der Waals surface area contributed by atoms with Gasteiger partial charge in [-0.3, -0.25) is 10.1 Å². The molecule has 2 N–H and O–H groups in total. The molecule has 7 nitrogen and oxygen atoms in total. The average Bonchev–Trinajstić information content (AvgIpc) is 2.57. The number of rotatable bonds is 9. The lowest BCUT2D eigenvalue weighted by Crippen LogP contribution is -2.23. The van der Waals surface area contributed by atoms with Crippen molar-refractivity contribution < 1.29 is 19.6 Å². The third-order valence-corrected chi connectivity index (χ3v) is 3.37. The zero-order valence-electron chi connectivity index (χ0n) is 13.8. The van der Waals surface area contributed by atoms with Gasteiger partial charge in [-0.25, -0.2) is 4.79 Å². The van der Waals surface area contributed by atoms with E-state index in [1.165, 1.54) is 24.3 Å². The van der Waals surface area contributed by atoms with Crippen LogP contribution in [0.4, 0.5) is 5.69 Å². The standard InChI is InChI=1S/C17H22N2O5/c1-4-6-15(17(21)24-5-2)12(3)18-11-16(20)13-7-9-14(10-8-13)19(22)23/h4,7-10,16,18,20H,1,5-6,11H2,2-3H3/b15-12+. The topological polar surface area (TPSA) is 102 Å².